The fourth-order valence-electron chi connectivity index (χ4n) is 3.34. The summed E-state index contributed by atoms with van der Waals surface area (Å²) >= 11 is 0. The van der Waals surface area contributed by atoms with Crippen LogP contribution in [-0.2, 0) is 17.8 Å². The second-order valence-electron chi connectivity index (χ2n) is 6.58. The van der Waals surface area contributed by atoms with Crippen molar-refractivity contribution in [3.63, 3.8) is 0 Å². The van der Waals surface area contributed by atoms with Crippen LogP contribution >= 0.6 is 0 Å². The Bertz CT molecular complexity index is 1000. The fourth-order valence-corrected chi connectivity index (χ4v) is 3.34. The van der Waals surface area contributed by atoms with Crippen molar-refractivity contribution < 1.29 is 9.53 Å². The zero-order valence-corrected chi connectivity index (χ0v) is 15.3. The van der Waals surface area contributed by atoms with Crippen molar-refractivity contribution in [2.75, 3.05) is 11.9 Å². The van der Waals surface area contributed by atoms with E-state index in [-0.39, 0.29) is 5.91 Å². The molecule has 3 heterocycles. The SMILES string of the molecule is Cc1nccc(OCc2cncc(-c3cccc4c3N(C)C(=O)CC4)c2)n1. The van der Waals surface area contributed by atoms with Gasteiger partial charge in [-0.2, -0.15) is 4.98 Å². The molecule has 0 atom stereocenters. The van der Waals surface area contributed by atoms with Gasteiger partial charge in [0.1, 0.15) is 12.4 Å². The van der Waals surface area contributed by atoms with Gasteiger partial charge in [-0.05, 0) is 25.0 Å². The zero-order valence-electron chi connectivity index (χ0n) is 15.3. The summed E-state index contributed by atoms with van der Waals surface area (Å²) in [6, 6.07) is 9.93. The van der Waals surface area contributed by atoms with Gasteiger partial charge < -0.3 is 9.64 Å². The molecule has 0 spiro atoms. The molecule has 6 nitrogen and oxygen atoms in total. The molecule has 0 radical (unpaired) electrons. The van der Waals surface area contributed by atoms with Crippen LogP contribution in [0.3, 0.4) is 0 Å². The van der Waals surface area contributed by atoms with E-state index in [1.807, 2.05) is 38.4 Å². The van der Waals surface area contributed by atoms with Gasteiger partial charge in [-0.15, -0.1) is 0 Å². The van der Waals surface area contributed by atoms with E-state index in [1.54, 1.807) is 23.4 Å². The molecule has 0 saturated heterocycles. The minimum absolute atomic E-state index is 0.140. The van der Waals surface area contributed by atoms with Crippen LogP contribution in [0, 0.1) is 6.92 Å². The minimum atomic E-state index is 0.140. The molecule has 0 N–H and O–H groups in total. The first kappa shape index (κ1) is 17.1. The number of nitrogens with zero attached hydrogens (tertiary/aromatic N) is 4. The van der Waals surface area contributed by atoms with Crippen molar-refractivity contribution in [1.29, 1.82) is 0 Å². The van der Waals surface area contributed by atoms with E-state index in [0.717, 1.165) is 28.8 Å². The molecule has 1 aliphatic rings. The number of amides is 1. The lowest BCUT2D eigenvalue weighted by Gasteiger charge is -2.28. The molecule has 6 heteroatoms. The van der Waals surface area contributed by atoms with Crippen LogP contribution in [0.2, 0.25) is 0 Å². The number of rotatable bonds is 4. The Labute approximate surface area is 157 Å². The maximum absolute atomic E-state index is 12.2. The summed E-state index contributed by atoms with van der Waals surface area (Å²) in [5, 5.41) is 0. The molecule has 0 fully saturated rings. The maximum Gasteiger partial charge on any atom is 0.227 e. The van der Waals surface area contributed by atoms with E-state index in [9.17, 15) is 4.79 Å². The highest BCUT2D eigenvalue weighted by Crippen LogP contribution is 2.37. The average Bonchev–Trinajstić information content (AvgIpc) is 2.69. The van der Waals surface area contributed by atoms with Crippen LogP contribution in [0.15, 0.2) is 48.9 Å². The summed E-state index contributed by atoms with van der Waals surface area (Å²) in [5.74, 6) is 1.35. The monoisotopic (exact) mass is 360 g/mol. The first-order valence-electron chi connectivity index (χ1n) is 8.87. The predicted octanol–water partition coefficient (Wildman–Crippen LogP) is 3.34. The molecule has 27 heavy (non-hydrogen) atoms. The van der Waals surface area contributed by atoms with E-state index >= 15 is 0 Å². The Kier molecular flexibility index (Phi) is 4.54. The van der Waals surface area contributed by atoms with Crippen molar-refractivity contribution in [3.8, 4) is 17.0 Å². The molecule has 1 aliphatic heterocycles. The lowest BCUT2D eigenvalue weighted by Crippen LogP contribution is -2.31. The first-order valence-corrected chi connectivity index (χ1v) is 8.87. The van der Waals surface area contributed by atoms with Gasteiger partial charge in [0.15, 0.2) is 0 Å². The standard InChI is InChI=1S/C21H20N4O2/c1-14-23-9-8-19(24-14)27-13-15-10-17(12-22-11-15)18-5-3-4-16-6-7-20(26)25(2)21(16)18/h3-5,8-12H,6-7,13H2,1-2H3. The Morgan fingerprint density at radius 1 is 1.19 bits per heavy atom. The van der Waals surface area contributed by atoms with Crippen LogP contribution in [0.5, 0.6) is 5.88 Å². The van der Waals surface area contributed by atoms with Crippen LogP contribution in [0.1, 0.15) is 23.4 Å². The van der Waals surface area contributed by atoms with Gasteiger partial charge in [0.25, 0.3) is 0 Å². The molecule has 0 saturated carbocycles. The summed E-state index contributed by atoms with van der Waals surface area (Å²) in [5.41, 5.74) is 5.07. The molecule has 0 aliphatic carbocycles. The highest BCUT2D eigenvalue weighted by atomic mass is 16.5. The van der Waals surface area contributed by atoms with Gasteiger partial charge >= 0.3 is 0 Å². The number of carbonyl (C=O) groups excluding carboxylic acids is 1. The van der Waals surface area contributed by atoms with Crippen LogP contribution < -0.4 is 9.64 Å². The number of benzene rings is 1. The van der Waals surface area contributed by atoms with Gasteiger partial charge in [-0.1, -0.05) is 18.2 Å². The van der Waals surface area contributed by atoms with Crippen molar-refractivity contribution in [1.82, 2.24) is 15.0 Å². The molecule has 2 aromatic heterocycles. The fraction of sp³-hybridized carbons (Fsp3) is 0.238. The number of aromatic nitrogens is 3. The Morgan fingerprint density at radius 2 is 2.07 bits per heavy atom. The summed E-state index contributed by atoms with van der Waals surface area (Å²) in [4.78, 5) is 26.6. The van der Waals surface area contributed by atoms with E-state index in [2.05, 4.69) is 21.0 Å². The van der Waals surface area contributed by atoms with Crippen LogP contribution in [0.25, 0.3) is 11.1 Å². The molecule has 1 aromatic carbocycles. The molecular weight excluding hydrogens is 340 g/mol. The Morgan fingerprint density at radius 3 is 2.93 bits per heavy atom. The Balaban J connectivity index is 1.63. The number of fused-ring (bicyclic) bond motifs is 1. The summed E-state index contributed by atoms with van der Waals surface area (Å²) in [6.07, 6.45) is 6.60. The smallest absolute Gasteiger partial charge is 0.227 e. The van der Waals surface area contributed by atoms with Crippen molar-refractivity contribution in [2.24, 2.45) is 0 Å². The number of aryl methyl sites for hydroxylation is 2. The van der Waals surface area contributed by atoms with E-state index in [4.69, 9.17) is 4.74 Å². The molecule has 3 aromatic rings. The lowest BCUT2D eigenvalue weighted by molar-refractivity contribution is -0.118. The van der Waals surface area contributed by atoms with Gasteiger partial charge in [-0.25, -0.2) is 4.98 Å². The largest absolute Gasteiger partial charge is 0.473 e. The average molecular weight is 360 g/mol. The number of hydrogen-bond donors (Lipinski definition) is 0. The van der Waals surface area contributed by atoms with E-state index in [1.165, 1.54) is 5.56 Å². The molecule has 0 bridgehead atoms. The van der Waals surface area contributed by atoms with Crippen LogP contribution in [-0.4, -0.2) is 27.9 Å². The third-order valence-corrected chi connectivity index (χ3v) is 4.68. The number of ether oxygens (including phenoxy) is 1. The highest BCUT2D eigenvalue weighted by molar-refractivity contribution is 6.00. The van der Waals surface area contributed by atoms with Gasteiger partial charge in [0.2, 0.25) is 11.8 Å². The van der Waals surface area contributed by atoms with E-state index < -0.39 is 0 Å². The van der Waals surface area contributed by atoms with Gasteiger partial charge in [0.05, 0.1) is 5.69 Å². The minimum Gasteiger partial charge on any atom is -0.473 e. The second kappa shape index (κ2) is 7.15. The third kappa shape index (κ3) is 3.51. The van der Waals surface area contributed by atoms with Crippen molar-refractivity contribution in [2.45, 2.75) is 26.4 Å². The normalized spacial score (nSPS) is 13.4. The number of pyridine rings is 1. The molecule has 136 valence electrons. The number of hydrogen-bond acceptors (Lipinski definition) is 5. The number of anilines is 1. The van der Waals surface area contributed by atoms with Crippen molar-refractivity contribution in [3.05, 3.63) is 65.9 Å². The van der Waals surface area contributed by atoms with Crippen LogP contribution in [0.4, 0.5) is 5.69 Å². The number of carbonyl (C=O) groups is 1. The van der Waals surface area contributed by atoms with Gasteiger partial charge in [-0.3, -0.25) is 9.78 Å². The first-order chi connectivity index (χ1) is 13.1. The molecule has 0 unspecified atom stereocenters. The zero-order chi connectivity index (χ0) is 18.8. The van der Waals surface area contributed by atoms with E-state index in [0.29, 0.717) is 24.7 Å². The maximum atomic E-state index is 12.2. The summed E-state index contributed by atoms with van der Waals surface area (Å²) < 4.78 is 5.76. The third-order valence-electron chi connectivity index (χ3n) is 4.68. The topological polar surface area (TPSA) is 68.2 Å². The quantitative estimate of drug-likeness (QED) is 0.714. The Hall–Kier alpha value is -3.28. The van der Waals surface area contributed by atoms with Crippen molar-refractivity contribution >= 4 is 11.6 Å². The molecule has 4 rings (SSSR count). The lowest BCUT2D eigenvalue weighted by atomic mass is 9.94. The van der Waals surface area contributed by atoms with Gasteiger partial charge in [0, 0.05) is 54.8 Å². The molecule has 1 amide bonds. The summed E-state index contributed by atoms with van der Waals surface area (Å²) in [7, 11) is 1.83. The number of para-hydroxylation sites is 1. The molecular formula is C21H20N4O2. The highest BCUT2D eigenvalue weighted by Gasteiger charge is 2.24. The second-order valence-corrected chi connectivity index (χ2v) is 6.58. The summed E-state index contributed by atoms with van der Waals surface area (Å²) in [6.45, 7) is 2.19. The predicted molar refractivity (Wildman–Crippen MR) is 103 cm³/mol.